The third kappa shape index (κ3) is 4.01. The van der Waals surface area contributed by atoms with Gasteiger partial charge in [-0.15, -0.1) is 0 Å². The van der Waals surface area contributed by atoms with Gasteiger partial charge >= 0.3 is 0 Å². The van der Waals surface area contributed by atoms with E-state index in [0.717, 1.165) is 5.39 Å². The van der Waals surface area contributed by atoms with Crippen LogP contribution in [0, 0.1) is 0 Å². The molecule has 136 valence electrons. The number of fused-ring (bicyclic) bond motifs is 1. The summed E-state index contributed by atoms with van der Waals surface area (Å²) in [5, 5.41) is 5.75. The maximum absolute atomic E-state index is 11.1. The smallest absolute Gasteiger partial charge is 0.214 e. The summed E-state index contributed by atoms with van der Waals surface area (Å²) in [5.41, 5.74) is 1.02. The van der Waals surface area contributed by atoms with Crippen LogP contribution in [0.3, 0.4) is 0 Å². The van der Waals surface area contributed by atoms with E-state index in [-0.39, 0.29) is 5.75 Å². The lowest BCUT2D eigenvalue weighted by atomic mass is 10.2. The highest BCUT2D eigenvalue weighted by molar-refractivity contribution is 7.88. The van der Waals surface area contributed by atoms with Gasteiger partial charge in [-0.1, -0.05) is 0 Å². The van der Waals surface area contributed by atoms with Crippen molar-refractivity contribution in [3.05, 3.63) is 48.4 Å². The molecule has 0 unspecified atom stereocenters. The van der Waals surface area contributed by atoms with Crippen LogP contribution in [-0.4, -0.2) is 32.6 Å². The zero-order valence-electron chi connectivity index (χ0n) is 14.2. The van der Waals surface area contributed by atoms with Crippen LogP contribution in [0.25, 0.3) is 10.9 Å². The number of benzene rings is 1. The zero-order chi connectivity index (χ0) is 18.7. The Morgan fingerprint density at radius 1 is 1.00 bits per heavy atom. The topological polar surface area (TPSA) is 114 Å². The molecule has 9 heteroatoms. The molecule has 0 aliphatic rings. The number of ether oxygens (including phenoxy) is 3. The van der Waals surface area contributed by atoms with Gasteiger partial charge in [0.1, 0.15) is 17.3 Å². The lowest BCUT2D eigenvalue weighted by molar-refractivity contribution is 0.355. The highest BCUT2D eigenvalue weighted by Gasteiger charge is 2.12. The van der Waals surface area contributed by atoms with Gasteiger partial charge in [0.2, 0.25) is 10.0 Å². The first-order valence-electron chi connectivity index (χ1n) is 7.53. The number of hydrogen-bond acceptors (Lipinski definition) is 7. The van der Waals surface area contributed by atoms with Gasteiger partial charge in [0.05, 0.1) is 31.6 Å². The Bertz CT molecular complexity index is 1040. The fourth-order valence-electron chi connectivity index (χ4n) is 2.43. The molecule has 0 amide bonds. The summed E-state index contributed by atoms with van der Waals surface area (Å²) in [6.45, 7) is 0. The van der Waals surface area contributed by atoms with Crippen molar-refractivity contribution in [1.82, 2.24) is 9.97 Å². The Hall–Kier alpha value is -2.91. The molecule has 0 saturated heterocycles. The summed E-state index contributed by atoms with van der Waals surface area (Å²) in [5.74, 6) is 1.79. The predicted molar refractivity (Wildman–Crippen MR) is 96.0 cm³/mol. The van der Waals surface area contributed by atoms with E-state index >= 15 is 0 Å². The first kappa shape index (κ1) is 17.9. The summed E-state index contributed by atoms with van der Waals surface area (Å²) >= 11 is 0. The first-order valence-corrected chi connectivity index (χ1v) is 9.25. The van der Waals surface area contributed by atoms with Crippen LogP contribution in [0.1, 0.15) is 5.69 Å². The van der Waals surface area contributed by atoms with Crippen LogP contribution < -0.4 is 19.3 Å². The average molecular weight is 375 g/mol. The second-order valence-corrected chi connectivity index (χ2v) is 7.04. The molecule has 0 atom stereocenters. The van der Waals surface area contributed by atoms with Crippen molar-refractivity contribution in [1.29, 1.82) is 0 Å². The van der Waals surface area contributed by atoms with Gasteiger partial charge in [-0.3, -0.25) is 9.97 Å². The molecule has 0 radical (unpaired) electrons. The van der Waals surface area contributed by atoms with Gasteiger partial charge in [0.15, 0.2) is 11.5 Å². The Morgan fingerprint density at radius 3 is 2.35 bits per heavy atom. The second-order valence-electron chi connectivity index (χ2n) is 5.43. The van der Waals surface area contributed by atoms with Crippen LogP contribution >= 0.6 is 0 Å². The SMILES string of the molecule is COc1cc2nccc(Oc3ccc(CS(N)(=O)=O)nc3)c2cc1OC. The monoisotopic (exact) mass is 375 g/mol. The third-order valence-electron chi connectivity index (χ3n) is 3.58. The van der Waals surface area contributed by atoms with Gasteiger partial charge in [0.25, 0.3) is 0 Å². The van der Waals surface area contributed by atoms with Crippen LogP contribution in [0.2, 0.25) is 0 Å². The van der Waals surface area contributed by atoms with Crippen molar-refractivity contribution in [2.45, 2.75) is 5.75 Å². The van der Waals surface area contributed by atoms with E-state index in [1.807, 2.05) is 0 Å². The van der Waals surface area contributed by atoms with E-state index in [1.54, 1.807) is 50.7 Å². The minimum Gasteiger partial charge on any atom is -0.493 e. The highest BCUT2D eigenvalue weighted by atomic mass is 32.2. The summed E-state index contributed by atoms with van der Waals surface area (Å²) in [7, 11) is -0.525. The Balaban J connectivity index is 1.93. The third-order valence-corrected chi connectivity index (χ3v) is 4.28. The van der Waals surface area contributed by atoms with E-state index in [1.165, 1.54) is 6.20 Å². The Morgan fingerprint density at radius 2 is 1.73 bits per heavy atom. The van der Waals surface area contributed by atoms with E-state index < -0.39 is 10.0 Å². The number of primary sulfonamides is 1. The van der Waals surface area contributed by atoms with E-state index in [0.29, 0.717) is 34.2 Å². The van der Waals surface area contributed by atoms with Crippen molar-refractivity contribution in [2.24, 2.45) is 5.14 Å². The molecule has 0 bridgehead atoms. The molecular weight excluding hydrogens is 358 g/mol. The first-order chi connectivity index (χ1) is 12.4. The number of methoxy groups -OCH3 is 2. The van der Waals surface area contributed by atoms with Crippen LogP contribution in [0.5, 0.6) is 23.0 Å². The number of aromatic nitrogens is 2. The van der Waals surface area contributed by atoms with E-state index in [9.17, 15) is 8.42 Å². The summed E-state index contributed by atoms with van der Waals surface area (Å²) in [6.07, 6.45) is 3.06. The maximum Gasteiger partial charge on any atom is 0.214 e. The predicted octanol–water partition coefficient (Wildman–Crippen LogP) is 2.23. The van der Waals surface area contributed by atoms with Crippen molar-refractivity contribution in [3.63, 3.8) is 0 Å². The number of hydrogen-bond donors (Lipinski definition) is 1. The molecule has 0 aliphatic carbocycles. The number of sulfonamides is 1. The fourth-order valence-corrected chi connectivity index (χ4v) is 3.01. The van der Waals surface area contributed by atoms with Crippen molar-refractivity contribution in [3.8, 4) is 23.0 Å². The zero-order valence-corrected chi connectivity index (χ0v) is 15.0. The standard InChI is InChI=1S/C17H17N3O5S/c1-23-16-7-13-14(8-17(16)24-2)19-6-5-15(13)25-12-4-3-11(20-9-12)10-26(18,21)22/h3-9H,10H2,1-2H3,(H2,18,21,22). The normalized spacial score (nSPS) is 11.3. The number of pyridine rings is 2. The molecule has 3 aromatic rings. The van der Waals surface area contributed by atoms with Crippen LogP contribution in [0.4, 0.5) is 0 Å². The fraction of sp³-hybridized carbons (Fsp3) is 0.176. The van der Waals surface area contributed by atoms with Gasteiger partial charge in [0, 0.05) is 17.6 Å². The number of nitrogens with two attached hydrogens (primary N) is 1. The van der Waals surface area contributed by atoms with Gasteiger partial charge in [-0.2, -0.15) is 0 Å². The molecule has 0 aliphatic heterocycles. The molecule has 2 aromatic heterocycles. The number of nitrogens with zero attached hydrogens (tertiary/aromatic N) is 2. The Labute approximate surface area is 150 Å². The van der Waals surface area contributed by atoms with Gasteiger partial charge in [-0.25, -0.2) is 13.6 Å². The lowest BCUT2D eigenvalue weighted by Gasteiger charge is -2.12. The minimum absolute atomic E-state index is 0.331. The van der Waals surface area contributed by atoms with Crippen molar-refractivity contribution < 1.29 is 22.6 Å². The molecule has 2 N–H and O–H groups in total. The second kappa shape index (κ2) is 7.14. The molecule has 0 fully saturated rings. The molecule has 2 heterocycles. The van der Waals surface area contributed by atoms with Crippen LogP contribution in [0.15, 0.2) is 42.7 Å². The largest absolute Gasteiger partial charge is 0.493 e. The highest BCUT2D eigenvalue weighted by Crippen LogP contribution is 2.36. The Kier molecular flexibility index (Phi) is 4.92. The summed E-state index contributed by atoms with van der Waals surface area (Å²) < 4.78 is 38.7. The molecule has 1 aromatic carbocycles. The summed E-state index contributed by atoms with van der Waals surface area (Å²) in [6, 6.07) is 8.42. The molecule has 26 heavy (non-hydrogen) atoms. The van der Waals surface area contributed by atoms with Gasteiger partial charge in [-0.05, 0) is 24.3 Å². The number of rotatable bonds is 6. The molecule has 8 nitrogen and oxygen atoms in total. The molecular formula is C17H17N3O5S. The molecule has 3 rings (SSSR count). The molecule has 0 spiro atoms. The average Bonchev–Trinajstić information content (AvgIpc) is 2.61. The quantitative estimate of drug-likeness (QED) is 0.702. The lowest BCUT2D eigenvalue weighted by Crippen LogP contribution is -2.15. The maximum atomic E-state index is 11.1. The van der Waals surface area contributed by atoms with Crippen molar-refractivity contribution in [2.75, 3.05) is 14.2 Å². The van der Waals surface area contributed by atoms with Crippen LogP contribution in [-0.2, 0) is 15.8 Å². The summed E-state index contributed by atoms with van der Waals surface area (Å²) in [4.78, 5) is 8.37. The van der Waals surface area contributed by atoms with E-state index in [4.69, 9.17) is 19.3 Å². The molecule has 0 saturated carbocycles. The minimum atomic E-state index is -3.63. The van der Waals surface area contributed by atoms with E-state index in [2.05, 4.69) is 9.97 Å². The van der Waals surface area contributed by atoms with Gasteiger partial charge < -0.3 is 14.2 Å². The van der Waals surface area contributed by atoms with Crippen molar-refractivity contribution >= 4 is 20.9 Å².